The van der Waals surface area contributed by atoms with Gasteiger partial charge in [-0.15, -0.1) is 0 Å². The van der Waals surface area contributed by atoms with Gasteiger partial charge in [-0.3, -0.25) is 4.90 Å². The lowest BCUT2D eigenvalue weighted by Crippen LogP contribution is -2.25. The summed E-state index contributed by atoms with van der Waals surface area (Å²) in [5.74, 6) is -0.368. The van der Waals surface area contributed by atoms with Crippen molar-refractivity contribution in [2.45, 2.75) is 33.2 Å². The number of hydrogen-bond donors (Lipinski definition) is 0. The lowest BCUT2D eigenvalue weighted by atomic mass is 10.1. The Morgan fingerprint density at radius 2 is 1.88 bits per heavy atom. The Hall–Kier alpha value is -1.40. The van der Waals surface area contributed by atoms with E-state index in [1.165, 1.54) is 6.07 Å². The highest BCUT2D eigenvalue weighted by Crippen LogP contribution is 2.14. The maximum atomic E-state index is 13.9. The van der Waals surface area contributed by atoms with Gasteiger partial charge in [0.2, 0.25) is 0 Å². The predicted octanol–water partition coefficient (Wildman–Crippen LogP) is 3.32. The molecule has 92 valence electrons. The predicted molar refractivity (Wildman–Crippen MR) is 67.0 cm³/mol. The van der Waals surface area contributed by atoms with Crippen LogP contribution in [0.4, 0.5) is 4.39 Å². The first-order chi connectivity index (χ1) is 8.22. The third kappa shape index (κ3) is 3.83. The molecular formula is C14H19FN2. The Morgan fingerprint density at radius 1 is 1.24 bits per heavy atom. The van der Waals surface area contributed by atoms with Crippen molar-refractivity contribution in [3.8, 4) is 6.07 Å². The summed E-state index contributed by atoms with van der Waals surface area (Å²) >= 11 is 0. The van der Waals surface area contributed by atoms with E-state index in [1.807, 2.05) is 6.07 Å². The van der Waals surface area contributed by atoms with Crippen LogP contribution in [-0.2, 0) is 6.54 Å². The molecule has 0 atom stereocenters. The van der Waals surface area contributed by atoms with Gasteiger partial charge < -0.3 is 0 Å². The second-order valence-corrected chi connectivity index (χ2v) is 4.17. The summed E-state index contributed by atoms with van der Waals surface area (Å²) < 4.78 is 13.9. The molecule has 0 N–H and O–H groups in total. The largest absolute Gasteiger partial charge is 0.299 e. The van der Waals surface area contributed by atoms with Crippen LogP contribution in [0.25, 0.3) is 0 Å². The molecule has 0 aromatic heterocycles. The van der Waals surface area contributed by atoms with E-state index in [9.17, 15) is 4.39 Å². The topological polar surface area (TPSA) is 27.0 Å². The Balaban J connectivity index is 2.82. The molecule has 0 aliphatic carbocycles. The van der Waals surface area contributed by atoms with Gasteiger partial charge in [0.15, 0.2) is 0 Å². The summed E-state index contributed by atoms with van der Waals surface area (Å²) in [7, 11) is 0. The van der Waals surface area contributed by atoms with Crippen molar-refractivity contribution >= 4 is 0 Å². The molecule has 1 aromatic carbocycles. The molecule has 0 spiro atoms. The van der Waals surface area contributed by atoms with E-state index in [-0.39, 0.29) is 11.4 Å². The van der Waals surface area contributed by atoms with Crippen LogP contribution < -0.4 is 0 Å². The zero-order valence-electron chi connectivity index (χ0n) is 10.5. The lowest BCUT2D eigenvalue weighted by Gasteiger charge is -2.21. The highest BCUT2D eigenvalue weighted by molar-refractivity contribution is 5.34. The van der Waals surface area contributed by atoms with Crippen LogP contribution in [0, 0.1) is 17.1 Å². The zero-order valence-corrected chi connectivity index (χ0v) is 10.5. The minimum atomic E-state index is -0.368. The molecule has 0 bridgehead atoms. The summed E-state index contributed by atoms with van der Waals surface area (Å²) in [6.07, 6.45) is 2.11. The van der Waals surface area contributed by atoms with Gasteiger partial charge in [-0.05, 0) is 32.0 Å². The molecule has 0 aliphatic heterocycles. The molecule has 17 heavy (non-hydrogen) atoms. The van der Waals surface area contributed by atoms with Crippen LogP contribution in [0.3, 0.4) is 0 Å². The quantitative estimate of drug-likeness (QED) is 0.755. The first-order valence-corrected chi connectivity index (χ1v) is 6.12. The van der Waals surface area contributed by atoms with Gasteiger partial charge in [-0.25, -0.2) is 4.39 Å². The summed E-state index contributed by atoms with van der Waals surface area (Å²) in [4.78, 5) is 2.22. The van der Waals surface area contributed by atoms with Gasteiger partial charge in [0.1, 0.15) is 11.9 Å². The van der Waals surface area contributed by atoms with E-state index in [0.29, 0.717) is 12.1 Å². The summed E-state index contributed by atoms with van der Waals surface area (Å²) in [5.41, 5.74) is 0.751. The number of halogens is 1. The maximum absolute atomic E-state index is 13.9. The standard InChI is InChI=1S/C14H19FN2/c1-3-8-17(9-4-2)11-13-7-5-6-12(10-16)14(13)15/h5-7H,3-4,8-9,11H2,1-2H3. The molecule has 0 heterocycles. The van der Waals surface area contributed by atoms with Crippen LogP contribution in [-0.4, -0.2) is 18.0 Å². The number of nitrogens with zero attached hydrogens (tertiary/aromatic N) is 2. The SMILES string of the molecule is CCCN(CCC)Cc1cccc(C#N)c1F. The molecule has 1 aromatic rings. The van der Waals surface area contributed by atoms with E-state index >= 15 is 0 Å². The highest BCUT2D eigenvalue weighted by atomic mass is 19.1. The van der Waals surface area contributed by atoms with Gasteiger partial charge in [0.05, 0.1) is 5.56 Å². The van der Waals surface area contributed by atoms with Crippen LogP contribution in [0.1, 0.15) is 37.8 Å². The average Bonchev–Trinajstić information content (AvgIpc) is 2.32. The van der Waals surface area contributed by atoms with Crippen LogP contribution in [0.5, 0.6) is 0 Å². The minimum absolute atomic E-state index is 0.135. The van der Waals surface area contributed by atoms with Gasteiger partial charge in [-0.1, -0.05) is 26.0 Å². The van der Waals surface area contributed by atoms with Crippen molar-refractivity contribution in [3.05, 3.63) is 35.1 Å². The summed E-state index contributed by atoms with van der Waals surface area (Å²) in [5, 5.41) is 8.78. The van der Waals surface area contributed by atoms with Crippen molar-refractivity contribution in [2.24, 2.45) is 0 Å². The monoisotopic (exact) mass is 234 g/mol. The first kappa shape index (κ1) is 13.7. The maximum Gasteiger partial charge on any atom is 0.145 e. The Labute approximate surface area is 103 Å². The second kappa shape index (κ2) is 7.03. The molecule has 0 fully saturated rings. The molecule has 2 nitrogen and oxygen atoms in total. The van der Waals surface area contributed by atoms with E-state index < -0.39 is 0 Å². The lowest BCUT2D eigenvalue weighted by molar-refractivity contribution is 0.263. The van der Waals surface area contributed by atoms with E-state index in [1.54, 1.807) is 12.1 Å². The molecule has 0 amide bonds. The Bertz CT molecular complexity index is 390. The normalized spacial score (nSPS) is 10.5. The van der Waals surface area contributed by atoms with Crippen molar-refractivity contribution in [2.75, 3.05) is 13.1 Å². The van der Waals surface area contributed by atoms with Crippen molar-refractivity contribution in [1.29, 1.82) is 5.26 Å². The smallest absolute Gasteiger partial charge is 0.145 e. The fourth-order valence-electron chi connectivity index (χ4n) is 1.93. The van der Waals surface area contributed by atoms with Gasteiger partial charge >= 0.3 is 0 Å². The second-order valence-electron chi connectivity index (χ2n) is 4.17. The number of benzene rings is 1. The molecule has 0 saturated carbocycles. The van der Waals surface area contributed by atoms with E-state index in [4.69, 9.17) is 5.26 Å². The summed E-state index contributed by atoms with van der Waals surface area (Å²) in [6.45, 7) is 6.74. The van der Waals surface area contributed by atoms with Gasteiger partial charge in [0, 0.05) is 12.1 Å². The Kier molecular flexibility index (Phi) is 5.65. The zero-order chi connectivity index (χ0) is 12.7. The van der Waals surface area contributed by atoms with E-state index in [0.717, 1.165) is 25.9 Å². The number of rotatable bonds is 6. The molecule has 0 aliphatic rings. The average molecular weight is 234 g/mol. The number of nitriles is 1. The molecule has 0 unspecified atom stereocenters. The van der Waals surface area contributed by atoms with Crippen molar-refractivity contribution in [3.63, 3.8) is 0 Å². The van der Waals surface area contributed by atoms with Crippen molar-refractivity contribution in [1.82, 2.24) is 4.90 Å². The third-order valence-electron chi connectivity index (χ3n) is 2.67. The third-order valence-corrected chi connectivity index (χ3v) is 2.67. The molecule has 0 saturated heterocycles. The van der Waals surface area contributed by atoms with Crippen LogP contribution in [0.2, 0.25) is 0 Å². The van der Waals surface area contributed by atoms with Gasteiger partial charge in [0.25, 0.3) is 0 Å². The number of hydrogen-bond acceptors (Lipinski definition) is 2. The van der Waals surface area contributed by atoms with Crippen LogP contribution in [0.15, 0.2) is 18.2 Å². The fraction of sp³-hybridized carbons (Fsp3) is 0.500. The Morgan fingerprint density at radius 3 is 2.41 bits per heavy atom. The first-order valence-electron chi connectivity index (χ1n) is 6.12. The fourth-order valence-corrected chi connectivity index (χ4v) is 1.93. The van der Waals surface area contributed by atoms with Crippen LogP contribution >= 0.6 is 0 Å². The summed E-state index contributed by atoms with van der Waals surface area (Å²) in [6, 6.07) is 6.90. The molecule has 3 heteroatoms. The van der Waals surface area contributed by atoms with E-state index in [2.05, 4.69) is 18.7 Å². The minimum Gasteiger partial charge on any atom is -0.299 e. The highest BCUT2D eigenvalue weighted by Gasteiger charge is 2.10. The van der Waals surface area contributed by atoms with Gasteiger partial charge in [-0.2, -0.15) is 5.26 Å². The molecule has 1 rings (SSSR count). The molecular weight excluding hydrogens is 215 g/mol. The molecule has 0 radical (unpaired) electrons. The van der Waals surface area contributed by atoms with Crippen molar-refractivity contribution < 1.29 is 4.39 Å².